The zero-order chi connectivity index (χ0) is 22.4. The Morgan fingerprint density at radius 1 is 1.00 bits per heavy atom. The highest BCUT2D eigenvalue weighted by Crippen LogP contribution is 2.35. The van der Waals surface area contributed by atoms with E-state index < -0.39 is 0 Å². The lowest BCUT2D eigenvalue weighted by Gasteiger charge is -2.49. The van der Waals surface area contributed by atoms with Crippen molar-refractivity contribution in [3.8, 4) is 17.0 Å². The van der Waals surface area contributed by atoms with Crippen LogP contribution in [0.2, 0.25) is 0 Å². The van der Waals surface area contributed by atoms with Gasteiger partial charge >= 0.3 is 0 Å². The predicted octanol–water partition coefficient (Wildman–Crippen LogP) is 5.30. The van der Waals surface area contributed by atoms with Crippen LogP contribution in [0.5, 0.6) is 5.75 Å². The van der Waals surface area contributed by atoms with Crippen molar-refractivity contribution in [2.24, 2.45) is 0 Å². The van der Waals surface area contributed by atoms with E-state index in [9.17, 15) is 5.11 Å². The SMILES string of the molecule is [C-]#[N+]c1ccc2cc(-c3ccc(N(C)C4CC(C)(C)NC(C)(C)C4)nn3)c(O)cc2c1. The van der Waals surface area contributed by atoms with Crippen LogP contribution in [-0.2, 0) is 0 Å². The molecule has 0 spiro atoms. The number of benzene rings is 2. The molecule has 3 aromatic rings. The van der Waals surface area contributed by atoms with Gasteiger partial charge in [-0.1, -0.05) is 12.1 Å². The monoisotopic (exact) mass is 415 g/mol. The van der Waals surface area contributed by atoms with Gasteiger partial charge in [-0.05, 0) is 81.6 Å². The van der Waals surface area contributed by atoms with Crippen LogP contribution in [0.25, 0.3) is 26.9 Å². The van der Waals surface area contributed by atoms with Gasteiger partial charge < -0.3 is 15.3 Å². The van der Waals surface area contributed by atoms with Crippen LogP contribution in [0.1, 0.15) is 40.5 Å². The second-order valence-corrected chi connectivity index (χ2v) is 9.86. The Morgan fingerprint density at radius 2 is 1.71 bits per heavy atom. The number of nitrogens with zero attached hydrogens (tertiary/aromatic N) is 4. The predicted molar refractivity (Wildman–Crippen MR) is 126 cm³/mol. The van der Waals surface area contributed by atoms with Crippen LogP contribution in [0.15, 0.2) is 42.5 Å². The number of nitrogens with one attached hydrogen (secondary N) is 1. The lowest BCUT2D eigenvalue weighted by Crippen LogP contribution is -2.62. The molecule has 1 aromatic heterocycles. The third-order valence-electron chi connectivity index (χ3n) is 6.07. The first-order valence-corrected chi connectivity index (χ1v) is 10.6. The van der Waals surface area contributed by atoms with Crippen LogP contribution >= 0.6 is 0 Å². The zero-order valence-electron chi connectivity index (χ0n) is 18.8. The molecule has 160 valence electrons. The highest BCUT2D eigenvalue weighted by atomic mass is 16.3. The normalized spacial score (nSPS) is 17.9. The number of phenols is 1. The molecule has 0 aliphatic carbocycles. The molecule has 1 saturated heterocycles. The first-order chi connectivity index (χ1) is 14.6. The van der Waals surface area contributed by atoms with E-state index in [0.717, 1.165) is 29.4 Å². The number of anilines is 1. The number of phenolic OH excluding ortho intramolecular Hbond substituents is 1. The average molecular weight is 416 g/mol. The van der Waals surface area contributed by atoms with E-state index in [2.05, 4.69) is 60.0 Å². The third kappa shape index (κ3) is 4.33. The van der Waals surface area contributed by atoms with E-state index >= 15 is 0 Å². The molecular weight excluding hydrogens is 386 g/mol. The number of fused-ring (bicyclic) bond motifs is 1. The van der Waals surface area contributed by atoms with Crippen LogP contribution in [0.4, 0.5) is 11.5 Å². The molecule has 0 radical (unpaired) electrons. The minimum Gasteiger partial charge on any atom is -0.507 e. The van der Waals surface area contributed by atoms with Gasteiger partial charge in [0.25, 0.3) is 0 Å². The first kappa shape index (κ1) is 21.1. The summed E-state index contributed by atoms with van der Waals surface area (Å²) in [6, 6.07) is 13.3. The van der Waals surface area contributed by atoms with Crippen molar-refractivity contribution in [1.29, 1.82) is 0 Å². The fraction of sp³-hybridized carbons (Fsp3) is 0.400. The van der Waals surface area contributed by atoms with Crippen molar-refractivity contribution in [2.45, 2.75) is 57.7 Å². The van der Waals surface area contributed by atoms with Crippen molar-refractivity contribution >= 4 is 22.3 Å². The summed E-state index contributed by atoms with van der Waals surface area (Å²) in [7, 11) is 2.08. The van der Waals surface area contributed by atoms with Crippen LogP contribution in [0, 0.1) is 6.57 Å². The minimum absolute atomic E-state index is 0.0536. The molecule has 2 aromatic carbocycles. The van der Waals surface area contributed by atoms with Crippen molar-refractivity contribution in [2.75, 3.05) is 11.9 Å². The highest BCUT2D eigenvalue weighted by Gasteiger charge is 2.39. The summed E-state index contributed by atoms with van der Waals surface area (Å²) >= 11 is 0. The molecule has 0 atom stereocenters. The molecule has 0 bridgehead atoms. The van der Waals surface area contributed by atoms with Crippen LogP contribution in [-0.4, -0.2) is 39.5 Å². The molecule has 4 rings (SSSR count). The molecular formula is C25H29N5O. The quantitative estimate of drug-likeness (QED) is 0.569. The molecule has 0 unspecified atom stereocenters. The largest absolute Gasteiger partial charge is 0.507 e. The van der Waals surface area contributed by atoms with Gasteiger partial charge in [0.1, 0.15) is 5.75 Å². The van der Waals surface area contributed by atoms with E-state index in [-0.39, 0.29) is 16.8 Å². The van der Waals surface area contributed by atoms with Crippen LogP contribution in [0.3, 0.4) is 0 Å². The summed E-state index contributed by atoms with van der Waals surface area (Å²) in [6.45, 7) is 16.1. The van der Waals surface area contributed by atoms with Gasteiger partial charge in [0.15, 0.2) is 11.5 Å². The summed E-state index contributed by atoms with van der Waals surface area (Å²) in [5.74, 6) is 0.955. The minimum atomic E-state index is 0.0536. The third-order valence-corrected chi connectivity index (χ3v) is 6.07. The fourth-order valence-corrected chi connectivity index (χ4v) is 4.93. The summed E-state index contributed by atoms with van der Waals surface area (Å²) in [5.41, 5.74) is 1.91. The lowest BCUT2D eigenvalue weighted by atomic mass is 9.79. The molecule has 6 nitrogen and oxygen atoms in total. The maximum Gasteiger partial charge on any atom is 0.187 e. The van der Waals surface area contributed by atoms with E-state index in [4.69, 9.17) is 6.57 Å². The topological polar surface area (TPSA) is 65.6 Å². The number of piperidine rings is 1. The average Bonchev–Trinajstić information content (AvgIpc) is 2.70. The summed E-state index contributed by atoms with van der Waals surface area (Å²) < 4.78 is 0. The number of hydrogen-bond donors (Lipinski definition) is 2. The molecule has 0 saturated carbocycles. The van der Waals surface area contributed by atoms with Crippen molar-refractivity contribution in [3.05, 3.63) is 53.9 Å². The molecule has 0 amide bonds. The van der Waals surface area contributed by atoms with Crippen LogP contribution < -0.4 is 10.2 Å². The maximum atomic E-state index is 10.6. The van der Waals surface area contributed by atoms with E-state index in [0.29, 0.717) is 23.0 Å². The molecule has 2 N–H and O–H groups in total. The lowest BCUT2D eigenvalue weighted by molar-refractivity contribution is 0.160. The van der Waals surface area contributed by atoms with Gasteiger partial charge in [-0.15, -0.1) is 10.2 Å². The first-order valence-electron chi connectivity index (χ1n) is 10.6. The Bertz CT molecular complexity index is 1140. The van der Waals surface area contributed by atoms with Gasteiger partial charge in [-0.25, -0.2) is 4.85 Å². The van der Waals surface area contributed by atoms with Gasteiger partial charge in [0.05, 0.1) is 12.3 Å². The molecule has 1 aliphatic heterocycles. The maximum absolute atomic E-state index is 10.6. The molecule has 31 heavy (non-hydrogen) atoms. The van der Waals surface area contributed by atoms with E-state index in [1.54, 1.807) is 18.2 Å². The number of hydrogen-bond acceptors (Lipinski definition) is 5. The molecule has 1 aliphatic rings. The number of aromatic hydroxyl groups is 1. The van der Waals surface area contributed by atoms with Gasteiger partial charge in [-0.2, -0.15) is 0 Å². The highest BCUT2D eigenvalue weighted by molar-refractivity contribution is 5.92. The Morgan fingerprint density at radius 3 is 2.32 bits per heavy atom. The molecule has 2 heterocycles. The Kier molecular flexibility index (Phi) is 5.10. The van der Waals surface area contributed by atoms with Gasteiger partial charge in [0, 0.05) is 29.7 Å². The standard InChI is InChI=1S/C25H29N5O/c1-24(2)14-19(15-25(3,4)29-24)30(6)23-10-9-21(27-28-23)20-12-16-7-8-18(26-5)11-17(16)13-22(20)31/h7-13,19,29,31H,14-15H2,1-4,6H3. The molecule has 1 fully saturated rings. The Balaban J connectivity index is 1.61. The fourth-order valence-electron chi connectivity index (χ4n) is 4.93. The second-order valence-electron chi connectivity index (χ2n) is 9.86. The van der Waals surface area contributed by atoms with Gasteiger partial charge in [0.2, 0.25) is 0 Å². The summed E-state index contributed by atoms with van der Waals surface area (Å²) in [5, 5.41) is 25.0. The van der Waals surface area contributed by atoms with E-state index in [1.165, 1.54) is 0 Å². The zero-order valence-corrected chi connectivity index (χ0v) is 18.8. The summed E-state index contributed by atoms with van der Waals surface area (Å²) in [4.78, 5) is 5.67. The number of aromatic nitrogens is 2. The van der Waals surface area contributed by atoms with Crippen molar-refractivity contribution < 1.29 is 5.11 Å². The molecule has 6 heteroatoms. The summed E-state index contributed by atoms with van der Waals surface area (Å²) in [6.07, 6.45) is 2.04. The Labute approximate surface area is 183 Å². The second kappa shape index (κ2) is 7.51. The van der Waals surface area contributed by atoms with Crippen molar-refractivity contribution in [1.82, 2.24) is 15.5 Å². The number of rotatable bonds is 3. The van der Waals surface area contributed by atoms with Crippen molar-refractivity contribution in [3.63, 3.8) is 0 Å². The smallest absolute Gasteiger partial charge is 0.187 e. The van der Waals surface area contributed by atoms with E-state index in [1.807, 2.05) is 24.3 Å². The van der Waals surface area contributed by atoms with Gasteiger partial charge in [-0.3, -0.25) is 0 Å². The Hall–Kier alpha value is -3.17.